The summed E-state index contributed by atoms with van der Waals surface area (Å²) in [7, 11) is 0. The van der Waals surface area contributed by atoms with Gasteiger partial charge in [0, 0.05) is 17.8 Å². The van der Waals surface area contributed by atoms with Crippen molar-refractivity contribution < 1.29 is 14.3 Å². The number of nitrogens with one attached hydrogen (secondary N) is 1. The Kier molecular flexibility index (Phi) is 7.01. The van der Waals surface area contributed by atoms with Gasteiger partial charge in [-0.2, -0.15) is 5.10 Å². The molecule has 29 heavy (non-hydrogen) atoms. The second-order valence-corrected chi connectivity index (χ2v) is 6.94. The second-order valence-electron chi connectivity index (χ2n) is 6.13. The minimum Gasteiger partial charge on any atom is -0.490 e. The van der Waals surface area contributed by atoms with E-state index in [1.54, 1.807) is 47.3 Å². The molecule has 0 spiro atoms. The number of rotatable bonds is 8. The number of carbonyl (C=O) groups excluding carboxylic acids is 1. The fraction of sp³-hybridized carbons (Fsp3) is 0.238. The topological polar surface area (TPSA) is 65.4 Å². The Morgan fingerprint density at radius 2 is 1.76 bits per heavy atom. The van der Waals surface area contributed by atoms with Crippen LogP contribution in [0.5, 0.6) is 11.5 Å². The number of hydrogen-bond donors (Lipinski definition) is 1. The van der Waals surface area contributed by atoms with Crippen LogP contribution in [0.1, 0.15) is 29.8 Å². The SMILES string of the molecule is CCOc1ccc(C(=O)Nc2ccn(Cc3ccc(Cl)c(Cl)c3)n2)cc1OCC. The Hall–Kier alpha value is -2.70. The van der Waals surface area contributed by atoms with Crippen LogP contribution in [-0.4, -0.2) is 28.9 Å². The maximum atomic E-state index is 12.6. The van der Waals surface area contributed by atoms with Gasteiger partial charge in [0.25, 0.3) is 5.91 Å². The molecular weight excluding hydrogens is 413 g/mol. The Labute approximate surface area is 179 Å². The van der Waals surface area contributed by atoms with Crippen molar-refractivity contribution in [2.24, 2.45) is 0 Å². The predicted octanol–water partition coefficient (Wildman–Crippen LogP) is 5.29. The fourth-order valence-corrected chi connectivity index (χ4v) is 3.04. The molecule has 0 radical (unpaired) electrons. The summed E-state index contributed by atoms with van der Waals surface area (Å²) in [6.45, 7) is 5.27. The Bertz CT molecular complexity index is 1000. The summed E-state index contributed by atoms with van der Waals surface area (Å²) in [5, 5.41) is 8.17. The zero-order chi connectivity index (χ0) is 20.8. The highest BCUT2D eigenvalue weighted by Gasteiger charge is 2.13. The average Bonchev–Trinajstić information content (AvgIpc) is 3.13. The number of benzene rings is 2. The number of aromatic nitrogens is 2. The minimum atomic E-state index is -0.284. The van der Waals surface area contributed by atoms with Gasteiger partial charge in [0.2, 0.25) is 0 Å². The van der Waals surface area contributed by atoms with E-state index >= 15 is 0 Å². The molecule has 0 bridgehead atoms. The Morgan fingerprint density at radius 3 is 2.48 bits per heavy atom. The van der Waals surface area contributed by atoms with Crippen LogP contribution in [0.3, 0.4) is 0 Å². The molecule has 152 valence electrons. The van der Waals surface area contributed by atoms with Gasteiger partial charge in [-0.3, -0.25) is 9.48 Å². The predicted molar refractivity (Wildman–Crippen MR) is 115 cm³/mol. The zero-order valence-electron chi connectivity index (χ0n) is 16.1. The zero-order valence-corrected chi connectivity index (χ0v) is 17.6. The highest BCUT2D eigenvalue weighted by atomic mass is 35.5. The first kappa shape index (κ1) is 21.0. The summed E-state index contributed by atoms with van der Waals surface area (Å²) in [5.74, 6) is 1.31. The van der Waals surface area contributed by atoms with E-state index in [2.05, 4.69) is 10.4 Å². The molecule has 0 fully saturated rings. The summed E-state index contributed by atoms with van der Waals surface area (Å²) in [6, 6.07) is 12.2. The molecule has 0 saturated carbocycles. The molecule has 2 aromatic carbocycles. The number of hydrogen-bond acceptors (Lipinski definition) is 4. The van der Waals surface area contributed by atoms with Crippen molar-refractivity contribution in [2.45, 2.75) is 20.4 Å². The van der Waals surface area contributed by atoms with E-state index in [0.29, 0.717) is 52.7 Å². The highest BCUT2D eigenvalue weighted by molar-refractivity contribution is 6.42. The Balaban J connectivity index is 1.69. The third-order valence-corrected chi connectivity index (χ3v) is 4.76. The largest absolute Gasteiger partial charge is 0.490 e. The maximum absolute atomic E-state index is 12.6. The van der Waals surface area contributed by atoms with Gasteiger partial charge in [-0.25, -0.2) is 0 Å². The number of nitrogens with zero attached hydrogens (tertiary/aromatic N) is 2. The normalized spacial score (nSPS) is 10.6. The molecule has 0 unspecified atom stereocenters. The number of halogens is 2. The number of anilines is 1. The summed E-state index contributed by atoms with van der Waals surface area (Å²) in [6.07, 6.45) is 1.78. The van der Waals surface area contributed by atoms with Gasteiger partial charge in [-0.15, -0.1) is 0 Å². The third-order valence-electron chi connectivity index (χ3n) is 4.02. The van der Waals surface area contributed by atoms with E-state index in [1.807, 2.05) is 19.9 Å². The van der Waals surface area contributed by atoms with Crippen LogP contribution in [-0.2, 0) is 6.54 Å². The molecule has 0 atom stereocenters. The van der Waals surface area contributed by atoms with E-state index in [1.165, 1.54) is 0 Å². The van der Waals surface area contributed by atoms with Crippen molar-refractivity contribution in [1.82, 2.24) is 9.78 Å². The first-order valence-electron chi connectivity index (χ1n) is 9.18. The molecule has 0 aliphatic rings. The van der Waals surface area contributed by atoms with Crippen molar-refractivity contribution in [3.05, 3.63) is 69.8 Å². The molecule has 8 heteroatoms. The van der Waals surface area contributed by atoms with Gasteiger partial charge in [0.05, 0.1) is 29.8 Å². The van der Waals surface area contributed by atoms with E-state index < -0.39 is 0 Å². The summed E-state index contributed by atoms with van der Waals surface area (Å²) in [5.41, 5.74) is 1.41. The van der Waals surface area contributed by atoms with Crippen molar-refractivity contribution in [3.63, 3.8) is 0 Å². The van der Waals surface area contributed by atoms with Crippen LogP contribution in [0, 0.1) is 0 Å². The fourth-order valence-electron chi connectivity index (χ4n) is 2.72. The molecular formula is C21H21Cl2N3O3. The first-order valence-corrected chi connectivity index (χ1v) is 9.94. The van der Waals surface area contributed by atoms with Crippen LogP contribution in [0.15, 0.2) is 48.7 Å². The maximum Gasteiger partial charge on any atom is 0.257 e. The van der Waals surface area contributed by atoms with Crippen molar-refractivity contribution in [3.8, 4) is 11.5 Å². The average molecular weight is 434 g/mol. The monoisotopic (exact) mass is 433 g/mol. The third kappa shape index (κ3) is 5.43. The number of amides is 1. The molecule has 1 amide bonds. The lowest BCUT2D eigenvalue weighted by Crippen LogP contribution is -2.13. The molecule has 1 aromatic heterocycles. The summed E-state index contributed by atoms with van der Waals surface area (Å²) >= 11 is 12.0. The molecule has 6 nitrogen and oxygen atoms in total. The first-order chi connectivity index (χ1) is 14.0. The van der Waals surface area contributed by atoms with Crippen molar-refractivity contribution >= 4 is 34.9 Å². The number of ether oxygens (including phenoxy) is 2. The Morgan fingerprint density at radius 1 is 1.00 bits per heavy atom. The lowest BCUT2D eigenvalue weighted by atomic mass is 10.2. The van der Waals surface area contributed by atoms with E-state index in [4.69, 9.17) is 32.7 Å². The van der Waals surface area contributed by atoms with Crippen molar-refractivity contribution in [1.29, 1.82) is 0 Å². The molecule has 3 rings (SSSR count). The van der Waals surface area contributed by atoms with Gasteiger partial charge < -0.3 is 14.8 Å². The number of carbonyl (C=O) groups is 1. The van der Waals surface area contributed by atoms with Crippen LogP contribution < -0.4 is 14.8 Å². The molecule has 0 aliphatic carbocycles. The quantitative estimate of drug-likeness (QED) is 0.524. The van der Waals surface area contributed by atoms with Crippen LogP contribution in [0.25, 0.3) is 0 Å². The smallest absolute Gasteiger partial charge is 0.257 e. The highest BCUT2D eigenvalue weighted by Crippen LogP contribution is 2.29. The van der Waals surface area contributed by atoms with Gasteiger partial charge in [0.1, 0.15) is 0 Å². The van der Waals surface area contributed by atoms with Crippen LogP contribution in [0.2, 0.25) is 10.0 Å². The van der Waals surface area contributed by atoms with E-state index in [-0.39, 0.29) is 5.91 Å². The van der Waals surface area contributed by atoms with Crippen LogP contribution in [0.4, 0.5) is 5.82 Å². The van der Waals surface area contributed by atoms with Crippen molar-refractivity contribution in [2.75, 3.05) is 18.5 Å². The molecule has 1 heterocycles. The molecule has 3 aromatic rings. The van der Waals surface area contributed by atoms with Gasteiger partial charge in [0.15, 0.2) is 17.3 Å². The molecule has 0 aliphatic heterocycles. The summed E-state index contributed by atoms with van der Waals surface area (Å²) < 4.78 is 12.8. The van der Waals surface area contributed by atoms with Crippen LogP contribution >= 0.6 is 23.2 Å². The second kappa shape index (κ2) is 9.67. The van der Waals surface area contributed by atoms with Gasteiger partial charge in [-0.1, -0.05) is 29.3 Å². The van der Waals surface area contributed by atoms with Gasteiger partial charge in [-0.05, 0) is 49.7 Å². The lowest BCUT2D eigenvalue weighted by Gasteiger charge is -2.12. The van der Waals surface area contributed by atoms with E-state index in [0.717, 1.165) is 5.56 Å². The molecule has 1 N–H and O–H groups in total. The standard InChI is InChI=1S/C21H21Cl2N3O3/c1-3-28-18-8-6-15(12-19(18)29-4-2)21(27)24-20-9-10-26(25-20)13-14-5-7-16(22)17(23)11-14/h5-12H,3-4,13H2,1-2H3,(H,24,25,27). The summed E-state index contributed by atoms with van der Waals surface area (Å²) in [4.78, 5) is 12.6. The minimum absolute atomic E-state index is 0.284. The van der Waals surface area contributed by atoms with Gasteiger partial charge >= 0.3 is 0 Å². The van der Waals surface area contributed by atoms with E-state index in [9.17, 15) is 4.79 Å². The lowest BCUT2D eigenvalue weighted by molar-refractivity contribution is 0.102. The molecule has 0 saturated heterocycles.